The normalized spacial score (nSPS) is 15.6. The van der Waals surface area contributed by atoms with Gasteiger partial charge in [0.2, 0.25) is 15.8 Å². The predicted octanol–water partition coefficient (Wildman–Crippen LogP) is 2.55. The lowest BCUT2D eigenvalue weighted by Crippen LogP contribution is -2.40. The van der Waals surface area contributed by atoms with Crippen LogP contribution in [0.3, 0.4) is 0 Å². The maximum atomic E-state index is 13.7. The molecule has 26 heavy (non-hydrogen) atoms. The van der Waals surface area contributed by atoms with E-state index in [1.165, 1.54) is 28.6 Å². The molecule has 2 aromatic rings. The summed E-state index contributed by atoms with van der Waals surface area (Å²) < 4.78 is 50.6. The van der Waals surface area contributed by atoms with Crippen molar-refractivity contribution in [2.45, 2.75) is 4.90 Å². The fraction of sp³-hybridized carbons (Fsp3) is 0.250. The number of hydrogen-bond donors (Lipinski definition) is 0. The number of nitro benzene ring substituents is 1. The van der Waals surface area contributed by atoms with Crippen LogP contribution in [0, 0.1) is 15.9 Å². The Morgan fingerprint density at radius 3 is 2.46 bits per heavy atom. The summed E-state index contributed by atoms with van der Waals surface area (Å²) in [4.78, 5) is 10.4. The Balaban J connectivity index is 1.97. The van der Waals surface area contributed by atoms with Crippen molar-refractivity contribution < 1.29 is 27.2 Å². The van der Waals surface area contributed by atoms with E-state index in [1.54, 1.807) is 0 Å². The van der Waals surface area contributed by atoms with Crippen LogP contribution in [0.15, 0.2) is 47.4 Å². The Morgan fingerprint density at radius 2 is 1.81 bits per heavy atom. The largest absolute Gasteiger partial charge is 0.447 e. The van der Waals surface area contributed by atoms with Gasteiger partial charge in [-0.1, -0.05) is 12.1 Å². The van der Waals surface area contributed by atoms with Crippen molar-refractivity contribution in [1.82, 2.24) is 4.31 Å². The minimum atomic E-state index is -3.90. The minimum Gasteiger partial charge on any atom is -0.447 e. The Kier molecular flexibility index (Phi) is 5.16. The van der Waals surface area contributed by atoms with E-state index in [-0.39, 0.29) is 42.7 Å². The van der Waals surface area contributed by atoms with E-state index in [4.69, 9.17) is 9.47 Å². The number of hydrogen-bond acceptors (Lipinski definition) is 6. The molecule has 0 N–H and O–H groups in total. The summed E-state index contributed by atoms with van der Waals surface area (Å²) >= 11 is 0. The number of morpholine rings is 1. The van der Waals surface area contributed by atoms with Gasteiger partial charge >= 0.3 is 5.69 Å². The zero-order valence-corrected chi connectivity index (χ0v) is 14.3. The van der Waals surface area contributed by atoms with Gasteiger partial charge in [-0.2, -0.15) is 4.31 Å². The van der Waals surface area contributed by atoms with Crippen molar-refractivity contribution in [1.29, 1.82) is 0 Å². The molecule has 0 radical (unpaired) electrons. The highest BCUT2D eigenvalue weighted by molar-refractivity contribution is 7.89. The number of ether oxygens (including phenoxy) is 2. The van der Waals surface area contributed by atoms with Gasteiger partial charge < -0.3 is 9.47 Å². The lowest BCUT2D eigenvalue weighted by molar-refractivity contribution is -0.385. The van der Waals surface area contributed by atoms with E-state index in [0.717, 1.165) is 18.2 Å². The second-order valence-corrected chi connectivity index (χ2v) is 7.37. The summed E-state index contributed by atoms with van der Waals surface area (Å²) in [6.07, 6.45) is 0. The molecular weight excluding hydrogens is 367 g/mol. The van der Waals surface area contributed by atoms with Crippen molar-refractivity contribution >= 4 is 15.7 Å². The zero-order valence-electron chi connectivity index (χ0n) is 13.5. The van der Waals surface area contributed by atoms with Gasteiger partial charge in [-0.25, -0.2) is 12.8 Å². The third-order valence-electron chi connectivity index (χ3n) is 3.79. The van der Waals surface area contributed by atoms with Crippen LogP contribution in [0.1, 0.15) is 0 Å². The monoisotopic (exact) mass is 382 g/mol. The molecular formula is C16H15FN2O6S. The zero-order chi connectivity index (χ0) is 18.7. The number of nitrogens with zero attached hydrogens (tertiary/aromatic N) is 2. The molecule has 0 aromatic heterocycles. The first-order valence-electron chi connectivity index (χ1n) is 7.68. The van der Waals surface area contributed by atoms with E-state index in [9.17, 15) is 22.9 Å². The summed E-state index contributed by atoms with van der Waals surface area (Å²) in [5.74, 6) is -1.13. The van der Waals surface area contributed by atoms with Crippen molar-refractivity contribution in [2.24, 2.45) is 0 Å². The summed E-state index contributed by atoms with van der Waals surface area (Å²) in [6.45, 7) is 0.860. The van der Waals surface area contributed by atoms with Gasteiger partial charge in [0.15, 0.2) is 11.6 Å². The number of nitro groups is 1. The van der Waals surface area contributed by atoms with Crippen LogP contribution >= 0.6 is 0 Å². The Bertz CT molecular complexity index is 928. The van der Waals surface area contributed by atoms with Crippen molar-refractivity contribution in [3.63, 3.8) is 0 Å². The highest BCUT2D eigenvalue weighted by atomic mass is 32.2. The lowest BCUT2D eigenvalue weighted by Gasteiger charge is -2.26. The van der Waals surface area contributed by atoms with E-state index < -0.39 is 26.5 Å². The topological polar surface area (TPSA) is 99.0 Å². The third-order valence-corrected chi connectivity index (χ3v) is 5.69. The van der Waals surface area contributed by atoms with E-state index in [1.807, 2.05) is 0 Å². The van der Waals surface area contributed by atoms with Crippen molar-refractivity contribution in [2.75, 3.05) is 26.3 Å². The maximum Gasteiger partial charge on any atom is 0.312 e. The molecule has 1 fully saturated rings. The van der Waals surface area contributed by atoms with E-state index >= 15 is 0 Å². The average molecular weight is 382 g/mol. The third kappa shape index (κ3) is 3.66. The number of para-hydroxylation sites is 1. The summed E-state index contributed by atoms with van der Waals surface area (Å²) in [7, 11) is -3.90. The molecule has 0 spiro atoms. The van der Waals surface area contributed by atoms with Gasteiger partial charge in [0.05, 0.1) is 23.0 Å². The van der Waals surface area contributed by atoms with Crippen LogP contribution in [0.4, 0.5) is 10.1 Å². The highest BCUT2D eigenvalue weighted by Crippen LogP contribution is 2.35. The van der Waals surface area contributed by atoms with Gasteiger partial charge in [0.25, 0.3) is 0 Å². The SMILES string of the molecule is O=[N+]([O-])c1cc(S(=O)(=O)N2CCOCC2)ccc1Oc1ccccc1F. The maximum absolute atomic E-state index is 13.7. The minimum absolute atomic E-state index is 0.170. The lowest BCUT2D eigenvalue weighted by atomic mass is 10.3. The van der Waals surface area contributed by atoms with Gasteiger partial charge in [-0.3, -0.25) is 10.1 Å². The van der Waals surface area contributed by atoms with Crippen LogP contribution in [-0.4, -0.2) is 43.9 Å². The van der Waals surface area contributed by atoms with Crippen molar-refractivity contribution in [3.05, 3.63) is 58.4 Å². The van der Waals surface area contributed by atoms with Crippen LogP contribution in [0.2, 0.25) is 0 Å². The van der Waals surface area contributed by atoms with Crippen LogP contribution in [-0.2, 0) is 14.8 Å². The molecule has 0 saturated carbocycles. The van der Waals surface area contributed by atoms with Crippen molar-refractivity contribution in [3.8, 4) is 11.5 Å². The fourth-order valence-corrected chi connectivity index (χ4v) is 3.90. The first-order valence-corrected chi connectivity index (χ1v) is 9.12. The molecule has 1 aliphatic heterocycles. The predicted molar refractivity (Wildman–Crippen MR) is 89.1 cm³/mol. The van der Waals surface area contributed by atoms with Gasteiger partial charge in [-0.05, 0) is 24.3 Å². The number of rotatable bonds is 5. The number of sulfonamides is 1. The molecule has 1 aliphatic rings. The summed E-state index contributed by atoms with van der Waals surface area (Å²) in [5.41, 5.74) is -0.567. The van der Waals surface area contributed by atoms with Crippen LogP contribution in [0.25, 0.3) is 0 Å². The molecule has 0 amide bonds. The molecule has 1 saturated heterocycles. The first kappa shape index (κ1) is 18.2. The Labute approximate surface area is 149 Å². The first-order chi connectivity index (χ1) is 12.4. The van der Waals surface area contributed by atoms with E-state index in [2.05, 4.69) is 0 Å². The molecule has 10 heteroatoms. The second-order valence-electron chi connectivity index (χ2n) is 5.44. The van der Waals surface area contributed by atoms with Gasteiger partial charge in [0, 0.05) is 19.2 Å². The quantitative estimate of drug-likeness (QED) is 0.582. The highest BCUT2D eigenvalue weighted by Gasteiger charge is 2.29. The molecule has 3 rings (SSSR count). The summed E-state index contributed by atoms with van der Waals surface area (Å²) in [6, 6.07) is 8.71. The molecule has 0 unspecified atom stereocenters. The number of halogens is 1. The Hall–Kier alpha value is -2.56. The smallest absolute Gasteiger partial charge is 0.312 e. The van der Waals surface area contributed by atoms with Gasteiger partial charge in [-0.15, -0.1) is 0 Å². The Morgan fingerprint density at radius 1 is 1.12 bits per heavy atom. The molecule has 0 aliphatic carbocycles. The van der Waals surface area contributed by atoms with E-state index in [0.29, 0.717) is 0 Å². The fourth-order valence-electron chi connectivity index (χ4n) is 2.47. The second kappa shape index (κ2) is 7.36. The standard InChI is InChI=1S/C16H15FN2O6S/c17-13-3-1-2-4-15(13)25-16-6-5-12(11-14(16)19(20)21)26(22,23)18-7-9-24-10-8-18/h1-6,11H,7-10H2. The summed E-state index contributed by atoms with van der Waals surface area (Å²) in [5, 5.41) is 11.4. The van der Waals surface area contributed by atoms with Crippen LogP contribution < -0.4 is 4.74 Å². The number of benzene rings is 2. The molecule has 0 bridgehead atoms. The molecule has 138 valence electrons. The molecule has 8 nitrogen and oxygen atoms in total. The molecule has 1 heterocycles. The average Bonchev–Trinajstić information content (AvgIpc) is 2.64. The molecule has 0 atom stereocenters. The molecule has 2 aromatic carbocycles. The van der Waals surface area contributed by atoms with Crippen LogP contribution in [0.5, 0.6) is 11.5 Å². The van der Waals surface area contributed by atoms with Gasteiger partial charge in [0.1, 0.15) is 0 Å².